The first kappa shape index (κ1) is 46.2. The fraction of sp³-hybridized carbons (Fsp3) is 0.482. The number of piperazine rings is 1. The van der Waals surface area contributed by atoms with Crippen LogP contribution < -0.4 is 20.3 Å². The lowest BCUT2D eigenvalue weighted by Crippen LogP contribution is -2.56. The highest BCUT2D eigenvalue weighted by Crippen LogP contribution is 2.54. The number of phenols is 1. The van der Waals surface area contributed by atoms with Crippen LogP contribution in [-0.4, -0.2) is 135 Å². The molecule has 8 heterocycles. The van der Waals surface area contributed by atoms with Crippen LogP contribution >= 0.6 is 0 Å². The maximum absolute atomic E-state index is 17.2. The topological polar surface area (TPSA) is 173 Å². The highest BCUT2D eigenvalue weighted by atomic mass is 19.1. The van der Waals surface area contributed by atoms with Crippen LogP contribution in [0.25, 0.3) is 32.9 Å². The summed E-state index contributed by atoms with van der Waals surface area (Å²) in [5.74, 6) is -0.263. The number of hydrogen-bond donors (Lipinski definition) is 3. The number of benzene rings is 3. The summed E-state index contributed by atoms with van der Waals surface area (Å²) in [6, 6.07) is 11.3. The van der Waals surface area contributed by atoms with Crippen molar-refractivity contribution in [3.05, 3.63) is 82.5 Å². The molecule has 1 spiro atoms. The van der Waals surface area contributed by atoms with Crippen LogP contribution in [0.1, 0.15) is 115 Å². The molecule has 8 aliphatic rings. The molecule has 4 amide bonds. The predicted molar refractivity (Wildman–Crippen MR) is 267 cm³/mol. The highest BCUT2D eigenvalue weighted by Gasteiger charge is 2.52. The summed E-state index contributed by atoms with van der Waals surface area (Å²) in [4.78, 5) is 74.5. The molecular weight excluding hydrogens is 933 g/mol. The van der Waals surface area contributed by atoms with Gasteiger partial charge in [-0.05, 0) is 143 Å². The predicted octanol–water partition coefficient (Wildman–Crippen LogP) is 6.44. The van der Waals surface area contributed by atoms with Gasteiger partial charge < -0.3 is 29.9 Å². The summed E-state index contributed by atoms with van der Waals surface area (Å²) in [5, 5.41) is 17.8. The van der Waals surface area contributed by atoms with Crippen molar-refractivity contribution in [3.8, 4) is 35.4 Å². The molecule has 5 aromatic rings. The molecule has 73 heavy (non-hydrogen) atoms. The molecule has 13 rings (SSSR count). The number of rotatable bonds is 10. The van der Waals surface area contributed by atoms with E-state index < -0.39 is 35.4 Å². The summed E-state index contributed by atoms with van der Waals surface area (Å²) >= 11 is 0. The molecule has 6 aliphatic heterocycles. The Balaban J connectivity index is 0.654. The first-order chi connectivity index (χ1) is 35.3. The number of hydrogen-bond acceptors (Lipinski definition) is 13. The Morgan fingerprint density at radius 2 is 1.64 bits per heavy atom. The number of likely N-dealkylation sites (tertiary alicyclic amines) is 2. The number of halogens is 2. The second-order valence-corrected chi connectivity index (χ2v) is 22.4. The SMILES string of the molecule is C#Cc1c(F)ccc2cc(O)cc(-c3ncc4c(N5CC6CCC(C5)N6)nc(OCC5(CN6CCC7(CC6)CC(N6CCC(c8cccc9c8C(=O)N(C8CCC(=O)NC8=O)C9=O)CC6)C7)CC5)nc4c3F)c12. The number of ether oxygens (including phenoxy) is 1. The first-order valence-corrected chi connectivity index (χ1v) is 26.1. The molecule has 2 aliphatic carbocycles. The molecular formula is C56H57F2N9O6. The molecule has 3 atom stereocenters. The van der Waals surface area contributed by atoms with Crippen LogP contribution in [0.3, 0.4) is 0 Å². The van der Waals surface area contributed by atoms with E-state index in [2.05, 4.69) is 36.2 Å². The zero-order chi connectivity index (χ0) is 49.9. The summed E-state index contributed by atoms with van der Waals surface area (Å²) in [5.41, 5.74) is 1.99. The monoisotopic (exact) mass is 989 g/mol. The molecule has 3 unspecified atom stereocenters. The van der Waals surface area contributed by atoms with E-state index in [4.69, 9.17) is 21.1 Å². The van der Waals surface area contributed by atoms with Gasteiger partial charge in [-0.3, -0.25) is 34.4 Å². The molecule has 2 saturated carbocycles. The quantitative estimate of drug-likeness (QED) is 0.103. The molecule has 2 aromatic heterocycles. The first-order valence-electron chi connectivity index (χ1n) is 26.1. The number of pyridine rings is 1. The Labute approximate surface area is 421 Å². The van der Waals surface area contributed by atoms with Crippen LogP contribution in [0, 0.1) is 34.8 Å². The van der Waals surface area contributed by atoms with E-state index in [1.54, 1.807) is 12.3 Å². The second-order valence-electron chi connectivity index (χ2n) is 22.4. The molecule has 3 aromatic carbocycles. The lowest BCUT2D eigenvalue weighted by atomic mass is 9.59. The van der Waals surface area contributed by atoms with Gasteiger partial charge in [0.1, 0.15) is 34.6 Å². The summed E-state index contributed by atoms with van der Waals surface area (Å²) in [6.07, 6.45) is 18.1. The van der Waals surface area contributed by atoms with Crippen LogP contribution in [0.15, 0.2) is 48.7 Å². The Kier molecular flexibility index (Phi) is 11.1. The molecule has 2 bridgehead atoms. The smallest absolute Gasteiger partial charge is 0.319 e. The van der Waals surface area contributed by atoms with Crippen molar-refractivity contribution in [1.82, 2.24) is 40.3 Å². The molecule has 15 nitrogen and oxygen atoms in total. The van der Waals surface area contributed by atoms with Gasteiger partial charge in [0.15, 0.2) is 5.82 Å². The number of amides is 4. The van der Waals surface area contributed by atoms with Crippen LogP contribution in [-0.2, 0) is 9.59 Å². The average molecular weight is 990 g/mol. The number of fused-ring (bicyclic) bond motifs is 5. The van der Waals surface area contributed by atoms with Gasteiger partial charge in [-0.25, -0.2) is 8.78 Å². The number of carbonyl (C=O) groups is 4. The van der Waals surface area contributed by atoms with Gasteiger partial charge in [0.05, 0.1) is 28.7 Å². The van der Waals surface area contributed by atoms with E-state index in [-0.39, 0.29) is 81.6 Å². The van der Waals surface area contributed by atoms with Crippen molar-refractivity contribution in [2.75, 3.05) is 57.3 Å². The summed E-state index contributed by atoms with van der Waals surface area (Å²) in [6.45, 7) is 6.61. The molecule has 5 saturated heterocycles. The zero-order valence-electron chi connectivity index (χ0n) is 40.6. The third-order valence-electron chi connectivity index (χ3n) is 17.9. The zero-order valence-corrected chi connectivity index (χ0v) is 40.6. The Morgan fingerprint density at radius 3 is 2.37 bits per heavy atom. The van der Waals surface area contributed by atoms with Gasteiger partial charge in [0.2, 0.25) is 11.8 Å². The average Bonchev–Trinajstić information content (AvgIpc) is 4.00. The van der Waals surface area contributed by atoms with Crippen molar-refractivity contribution in [2.24, 2.45) is 10.8 Å². The van der Waals surface area contributed by atoms with Gasteiger partial charge in [0, 0.05) is 66.7 Å². The second kappa shape index (κ2) is 17.5. The summed E-state index contributed by atoms with van der Waals surface area (Å²) in [7, 11) is 0. The number of piperidine rings is 3. The Morgan fingerprint density at radius 1 is 0.877 bits per heavy atom. The van der Waals surface area contributed by atoms with Crippen LogP contribution in [0.4, 0.5) is 14.6 Å². The molecule has 3 N–H and O–H groups in total. The molecule has 376 valence electrons. The maximum Gasteiger partial charge on any atom is 0.319 e. The van der Waals surface area contributed by atoms with Gasteiger partial charge in [-0.1, -0.05) is 24.1 Å². The number of anilines is 1. The van der Waals surface area contributed by atoms with Crippen molar-refractivity contribution in [3.63, 3.8) is 0 Å². The number of carbonyl (C=O) groups excluding carboxylic acids is 4. The van der Waals surface area contributed by atoms with E-state index in [1.807, 2.05) is 12.1 Å². The fourth-order valence-corrected chi connectivity index (χ4v) is 13.7. The van der Waals surface area contributed by atoms with E-state index in [0.29, 0.717) is 58.9 Å². The molecule has 17 heteroatoms. The highest BCUT2D eigenvalue weighted by molar-refractivity contribution is 6.24. The van der Waals surface area contributed by atoms with E-state index in [9.17, 15) is 24.3 Å². The fourth-order valence-electron chi connectivity index (χ4n) is 13.7. The number of phenolic OH excluding ortho intramolecular Hbond substituents is 1. The van der Waals surface area contributed by atoms with Crippen LogP contribution in [0.5, 0.6) is 11.8 Å². The Bertz CT molecular complexity index is 3190. The van der Waals surface area contributed by atoms with Crippen molar-refractivity contribution in [1.29, 1.82) is 0 Å². The van der Waals surface area contributed by atoms with E-state index in [0.717, 1.165) is 94.6 Å². The minimum Gasteiger partial charge on any atom is -0.508 e. The molecule has 7 fully saturated rings. The van der Waals surface area contributed by atoms with Gasteiger partial charge >= 0.3 is 6.01 Å². The number of aromatic hydroxyl groups is 1. The number of nitrogens with one attached hydrogen (secondary N) is 2. The molecule has 0 radical (unpaired) electrons. The minimum atomic E-state index is -0.978. The normalized spacial score (nSPS) is 25.1. The minimum absolute atomic E-state index is 0.0361. The van der Waals surface area contributed by atoms with Gasteiger partial charge in [-0.15, -0.1) is 6.42 Å². The van der Waals surface area contributed by atoms with Crippen molar-refractivity contribution < 1.29 is 37.8 Å². The lowest BCUT2D eigenvalue weighted by molar-refractivity contribution is -0.136. The van der Waals surface area contributed by atoms with Crippen molar-refractivity contribution >= 4 is 51.1 Å². The van der Waals surface area contributed by atoms with Crippen molar-refractivity contribution in [2.45, 2.75) is 107 Å². The van der Waals surface area contributed by atoms with Gasteiger partial charge in [-0.2, -0.15) is 9.97 Å². The largest absolute Gasteiger partial charge is 0.508 e. The lowest BCUT2D eigenvalue weighted by Gasteiger charge is -2.56. The van der Waals surface area contributed by atoms with E-state index >= 15 is 8.78 Å². The number of nitrogens with zero attached hydrogens (tertiary/aromatic N) is 7. The maximum atomic E-state index is 17.2. The summed E-state index contributed by atoms with van der Waals surface area (Å²) < 4.78 is 38.8. The third kappa shape index (κ3) is 7.99. The van der Waals surface area contributed by atoms with Crippen LogP contribution in [0.2, 0.25) is 0 Å². The van der Waals surface area contributed by atoms with E-state index in [1.165, 1.54) is 37.1 Å². The number of terminal acetylenes is 1. The van der Waals surface area contributed by atoms with Gasteiger partial charge in [0.25, 0.3) is 11.8 Å². The standard InChI is InChI=1S/C56H57F2N9O6/c1-2-37-42(57)9-6-32-22-36(68)23-40(45(32)37)48-47(58)49-41(26-59-48)50(66-27-33-7-8-34(28-66)60-33)63-54(62-49)73-30-56(14-15-56)29-64-20-16-55(17-21-64)24-35(25-55)65-18-12-31(13-19-65)38-4-3-5-39-46(38)53(72)67(52(39)71)43-10-11-44(69)61-51(43)70/h1,3-6,9,22-23,26,31,33-35,43,60,68H,7-8,10-21,24-25,27-30H2,(H,61,69,70). The number of imide groups is 2. The Hall–Kier alpha value is -6.61. The third-order valence-corrected chi connectivity index (χ3v) is 17.9. The number of aromatic nitrogens is 3.